The van der Waals surface area contributed by atoms with Crippen LogP contribution in [0, 0.1) is 0 Å². The first-order valence-corrected chi connectivity index (χ1v) is 12.5. The summed E-state index contributed by atoms with van der Waals surface area (Å²) in [6.07, 6.45) is 3.56. The Labute approximate surface area is 204 Å². The second kappa shape index (κ2) is 8.77. The van der Waals surface area contributed by atoms with Gasteiger partial charge in [-0.15, -0.1) is 0 Å². The number of hydrogen-bond donors (Lipinski definition) is 3. The van der Waals surface area contributed by atoms with Crippen molar-refractivity contribution in [2.24, 2.45) is 0 Å². The van der Waals surface area contributed by atoms with Crippen LogP contribution < -0.4 is 20.7 Å². The molecule has 2 unspecified atom stereocenters. The number of amides is 3. The first-order chi connectivity index (χ1) is 17.0. The number of benzene rings is 2. The number of fused-ring (bicyclic) bond motifs is 2. The Morgan fingerprint density at radius 2 is 1.91 bits per heavy atom. The monoisotopic (exact) mass is 474 g/mol. The predicted molar refractivity (Wildman–Crippen MR) is 129 cm³/mol. The summed E-state index contributed by atoms with van der Waals surface area (Å²) in [6.45, 7) is 3.01. The maximum Gasteiger partial charge on any atom is 0.255 e. The van der Waals surface area contributed by atoms with E-state index in [0.717, 1.165) is 49.2 Å². The number of para-hydroxylation sites is 1. The van der Waals surface area contributed by atoms with Gasteiger partial charge in [0.1, 0.15) is 17.4 Å². The van der Waals surface area contributed by atoms with Crippen molar-refractivity contribution in [3.05, 3.63) is 64.7 Å². The van der Waals surface area contributed by atoms with Crippen molar-refractivity contribution >= 4 is 17.7 Å². The highest BCUT2D eigenvalue weighted by Crippen LogP contribution is 2.43. The molecule has 35 heavy (non-hydrogen) atoms. The quantitative estimate of drug-likeness (QED) is 0.588. The van der Waals surface area contributed by atoms with Crippen LogP contribution in [0.3, 0.4) is 0 Å². The van der Waals surface area contributed by atoms with Crippen LogP contribution in [-0.4, -0.2) is 47.4 Å². The van der Waals surface area contributed by atoms with Crippen molar-refractivity contribution in [2.45, 2.75) is 62.9 Å². The molecule has 2 aromatic rings. The molecule has 182 valence electrons. The molecule has 4 aliphatic heterocycles. The van der Waals surface area contributed by atoms with Gasteiger partial charge in [0.05, 0.1) is 0 Å². The third-order valence-electron chi connectivity index (χ3n) is 7.85. The molecule has 2 saturated heterocycles. The Morgan fingerprint density at radius 1 is 1.09 bits per heavy atom. The molecule has 1 spiro atoms. The maximum absolute atomic E-state index is 13.0. The molecule has 8 heteroatoms. The van der Waals surface area contributed by atoms with E-state index < -0.39 is 6.04 Å². The molecule has 0 saturated carbocycles. The van der Waals surface area contributed by atoms with Crippen LogP contribution in [0.2, 0.25) is 0 Å². The lowest BCUT2D eigenvalue weighted by molar-refractivity contribution is -0.136. The molecular weight excluding hydrogens is 444 g/mol. The number of carbonyl (C=O) groups excluding carboxylic acids is 3. The highest BCUT2D eigenvalue weighted by Gasteiger charge is 2.42. The third-order valence-corrected chi connectivity index (χ3v) is 7.85. The van der Waals surface area contributed by atoms with Crippen LogP contribution in [0.1, 0.15) is 65.2 Å². The van der Waals surface area contributed by atoms with Gasteiger partial charge in [-0.05, 0) is 55.6 Å². The number of carbonyl (C=O) groups is 3. The standard InChI is InChI=1S/C27H30N4O4/c32-24-8-7-22(25(33)30-24)31-16-18-13-17(5-6-19(18)26(31)34)15-29-21-14-27(9-11-28-12-10-27)35-23-4-2-1-3-20(21)23/h1-6,13,21-22,28-29H,7-12,14-16H2,(H,30,32,33). The average molecular weight is 475 g/mol. The van der Waals surface area contributed by atoms with E-state index >= 15 is 0 Å². The van der Waals surface area contributed by atoms with Crippen LogP contribution in [0.4, 0.5) is 0 Å². The third kappa shape index (κ3) is 4.10. The summed E-state index contributed by atoms with van der Waals surface area (Å²) in [5.74, 6) is 0.178. The van der Waals surface area contributed by atoms with E-state index in [1.54, 1.807) is 4.90 Å². The summed E-state index contributed by atoms with van der Waals surface area (Å²) in [5.41, 5.74) is 3.73. The average Bonchev–Trinajstić information content (AvgIpc) is 3.18. The van der Waals surface area contributed by atoms with Crippen LogP contribution in [0.15, 0.2) is 42.5 Å². The van der Waals surface area contributed by atoms with Crippen molar-refractivity contribution in [1.82, 2.24) is 20.9 Å². The van der Waals surface area contributed by atoms with Gasteiger partial charge in [-0.25, -0.2) is 0 Å². The van der Waals surface area contributed by atoms with Gasteiger partial charge >= 0.3 is 0 Å². The summed E-state index contributed by atoms with van der Waals surface area (Å²) in [5, 5.41) is 9.55. The van der Waals surface area contributed by atoms with Gasteiger partial charge < -0.3 is 20.3 Å². The van der Waals surface area contributed by atoms with Crippen LogP contribution in [0.5, 0.6) is 5.75 Å². The normalized spacial score (nSPS) is 25.1. The minimum absolute atomic E-state index is 0.135. The van der Waals surface area contributed by atoms with E-state index in [2.05, 4.69) is 40.2 Å². The Kier molecular flexibility index (Phi) is 5.57. The number of piperidine rings is 2. The summed E-state index contributed by atoms with van der Waals surface area (Å²) in [6, 6.07) is 13.8. The maximum atomic E-state index is 13.0. The van der Waals surface area contributed by atoms with Gasteiger partial charge in [-0.2, -0.15) is 0 Å². The molecule has 8 nitrogen and oxygen atoms in total. The minimum atomic E-state index is -0.589. The van der Waals surface area contributed by atoms with Gasteiger partial charge in [0.25, 0.3) is 5.91 Å². The second-order valence-electron chi connectivity index (χ2n) is 10.1. The molecule has 0 aromatic heterocycles. The smallest absolute Gasteiger partial charge is 0.255 e. The Morgan fingerprint density at radius 3 is 2.74 bits per heavy atom. The van der Waals surface area contributed by atoms with E-state index in [1.165, 1.54) is 5.56 Å². The zero-order chi connectivity index (χ0) is 24.0. The topological polar surface area (TPSA) is 99.8 Å². The molecule has 3 N–H and O–H groups in total. The van der Waals surface area contributed by atoms with E-state index in [1.807, 2.05) is 18.2 Å². The number of imide groups is 1. The van der Waals surface area contributed by atoms with Crippen molar-refractivity contribution in [2.75, 3.05) is 13.1 Å². The second-order valence-corrected chi connectivity index (χ2v) is 10.1. The number of nitrogens with zero attached hydrogens (tertiary/aromatic N) is 1. The van der Waals surface area contributed by atoms with Crippen LogP contribution >= 0.6 is 0 Å². The SMILES string of the molecule is O=C1CCC(N2Cc3cc(CNC4CC5(CCNCC5)Oc5ccccc54)ccc3C2=O)C(=O)N1. The fourth-order valence-electron chi connectivity index (χ4n) is 5.97. The zero-order valence-corrected chi connectivity index (χ0v) is 19.6. The first-order valence-electron chi connectivity index (χ1n) is 12.5. The lowest BCUT2D eigenvalue weighted by atomic mass is 9.81. The van der Waals surface area contributed by atoms with E-state index in [0.29, 0.717) is 25.1 Å². The van der Waals surface area contributed by atoms with Crippen molar-refractivity contribution in [3.63, 3.8) is 0 Å². The van der Waals surface area contributed by atoms with Crippen LogP contribution in [-0.2, 0) is 22.7 Å². The number of hydrogen-bond acceptors (Lipinski definition) is 6. The predicted octanol–water partition coefficient (Wildman–Crippen LogP) is 2.18. The zero-order valence-electron chi connectivity index (χ0n) is 19.6. The van der Waals surface area contributed by atoms with Gasteiger partial charge in [0.2, 0.25) is 11.8 Å². The molecule has 4 aliphatic rings. The molecule has 2 fully saturated rings. The van der Waals surface area contributed by atoms with E-state index in [-0.39, 0.29) is 35.8 Å². The Hall–Kier alpha value is -3.23. The molecule has 0 radical (unpaired) electrons. The molecular formula is C27H30N4O4. The molecule has 3 amide bonds. The van der Waals surface area contributed by atoms with Gasteiger partial charge in [0.15, 0.2) is 0 Å². The lowest BCUT2D eigenvalue weighted by Crippen LogP contribution is -2.52. The summed E-state index contributed by atoms with van der Waals surface area (Å²) < 4.78 is 6.52. The van der Waals surface area contributed by atoms with E-state index in [4.69, 9.17) is 4.74 Å². The molecule has 0 bridgehead atoms. The van der Waals surface area contributed by atoms with Gasteiger partial charge in [-0.1, -0.05) is 30.3 Å². The van der Waals surface area contributed by atoms with Gasteiger partial charge in [-0.3, -0.25) is 19.7 Å². The Balaban J connectivity index is 1.17. The molecule has 6 rings (SSSR count). The number of ether oxygens (including phenoxy) is 1. The summed E-state index contributed by atoms with van der Waals surface area (Å²) in [7, 11) is 0. The van der Waals surface area contributed by atoms with Crippen molar-refractivity contribution in [1.29, 1.82) is 0 Å². The summed E-state index contributed by atoms with van der Waals surface area (Å²) in [4.78, 5) is 38.4. The van der Waals surface area contributed by atoms with Crippen molar-refractivity contribution < 1.29 is 19.1 Å². The van der Waals surface area contributed by atoms with Crippen LogP contribution in [0.25, 0.3) is 0 Å². The molecule has 2 atom stereocenters. The summed E-state index contributed by atoms with van der Waals surface area (Å²) >= 11 is 0. The number of rotatable bonds is 4. The fraction of sp³-hybridized carbons (Fsp3) is 0.444. The highest BCUT2D eigenvalue weighted by molar-refractivity contribution is 6.05. The molecule has 2 aromatic carbocycles. The Bertz CT molecular complexity index is 1190. The molecule has 4 heterocycles. The van der Waals surface area contributed by atoms with Crippen molar-refractivity contribution in [3.8, 4) is 5.75 Å². The number of nitrogens with one attached hydrogen (secondary N) is 3. The highest BCUT2D eigenvalue weighted by atomic mass is 16.5. The lowest BCUT2D eigenvalue weighted by Gasteiger charge is -2.45. The largest absolute Gasteiger partial charge is 0.487 e. The first kappa shape index (κ1) is 22.2. The molecule has 0 aliphatic carbocycles. The van der Waals surface area contributed by atoms with E-state index in [9.17, 15) is 14.4 Å². The minimum Gasteiger partial charge on any atom is -0.487 e. The van der Waals surface area contributed by atoms with Gasteiger partial charge in [0, 0.05) is 43.1 Å². The fourth-order valence-corrected chi connectivity index (χ4v) is 5.97.